The first-order chi connectivity index (χ1) is 21.1. The third-order valence-electron chi connectivity index (χ3n) is 12.2. The summed E-state index contributed by atoms with van der Waals surface area (Å²) in [6.45, 7) is 24.0. The highest BCUT2D eigenvalue weighted by Gasteiger charge is 2.61. The number of rotatable bonds is 1. The number of hydrogen-bond acceptors (Lipinski definition) is 2. The molecule has 0 saturated heterocycles. The average molecular weight is 593 g/mol. The van der Waals surface area contributed by atoms with E-state index in [0.717, 1.165) is 0 Å². The molecule has 1 aliphatic carbocycles. The van der Waals surface area contributed by atoms with Crippen LogP contribution in [0.3, 0.4) is 0 Å². The Morgan fingerprint density at radius 3 is 2.07 bits per heavy atom. The number of anilines is 5. The lowest BCUT2D eigenvalue weighted by Crippen LogP contribution is -2.64. The quantitative estimate of drug-likeness (QED) is 0.179. The Kier molecular flexibility index (Phi) is 5.85. The van der Waals surface area contributed by atoms with Crippen LogP contribution in [0, 0.1) is 13.8 Å². The molecule has 2 unspecified atom stereocenters. The SMILES string of the molecule is Cc1cc2c3c(c1)N1c4c(cc(C)cc4C4(C)CCCCC14C)B3c1ccc(C(C)(C)C)cc1N2c1cccc(C(C)(C)C)c1. The number of hydrogen-bond donors (Lipinski definition) is 0. The second kappa shape index (κ2) is 9.08. The van der Waals surface area contributed by atoms with Gasteiger partial charge in [0.25, 0.3) is 6.71 Å². The van der Waals surface area contributed by atoms with Crippen molar-refractivity contribution in [2.45, 2.75) is 117 Å². The molecule has 4 aliphatic rings. The van der Waals surface area contributed by atoms with Gasteiger partial charge in [0.2, 0.25) is 0 Å². The zero-order valence-electron chi connectivity index (χ0n) is 29.2. The minimum Gasteiger partial charge on any atom is -0.335 e. The summed E-state index contributed by atoms with van der Waals surface area (Å²) in [5, 5.41) is 0. The van der Waals surface area contributed by atoms with Gasteiger partial charge in [-0.3, -0.25) is 0 Å². The van der Waals surface area contributed by atoms with E-state index in [1.807, 2.05) is 0 Å². The zero-order chi connectivity index (χ0) is 31.8. The van der Waals surface area contributed by atoms with Gasteiger partial charge in [0.05, 0.1) is 5.54 Å². The van der Waals surface area contributed by atoms with Crippen LogP contribution in [0.15, 0.2) is 66.7 Å². The summed E-state index contributed by atoms with van der Waals surface area (Å²) in [4.78, 5) is 5.46. The van der Waals surface area contributed by atoms with Gasteiger partial charge in [-0.05, 0) is 113 Å². The lowest BCUT2D eigenvalue weighted by Gasteiger charge is -2.53. The van der Waals surface area contributed by atoms with Crippen molar-refractivity contribution in [1.29, 1.82) is 0 Å². The molecule has 1 saturated carbocycles. The molecule has 4 aromatic carbocycles. The Labute approximate surface area is 271 Å². The summed E-state index contributed by atoms with van der Waals surface area (Å²) in [6.07, 6.45) is 5.10. The van der Waals surface area contributed by atoms with Gasteiger partial charge in [-0.25, -0.2) is 0 Å². The zero-order valence-corrected chi connectivity index (χ0v) is 29.2. The second-order valence-electron chi connectivity index (χ2n) is 17.2. The maximum absolute atomic E-state index is 2.84. The molecule has 230 valence electrons. The molecule has 3 heteroatoms. The summed E-state index contributed by atoms with van der Waals surface area (Å²) >= 11 is 0. The maximum Gasteiger partial charge on any atom is 0.252 e. The standard InChI is InChI=1S/C42H49BN2/c1-26-20-31-38-33(21-26)43-32-17-16-29(40(6,7)8)25-34(32)44(30-15-13-14-28(24-30)39(3,4)5)35-22-27(2)23-36(37(35)43)45(38)42(10)19-12-11-18-41(31,42)9/h13-17,20-25H,11-12,18-19H2,1-10H3. The Hall–Kier alpha value is -3.46. The molecule has 1 fully saturated rings. The van der Waals surface area contributed by atoms with E-state index in [-0.39, 0.29) is 28.5 Å². The summed E-state index contributed by atoms with van der Waals surface area (Å²) < 4.78 is 0. The first-order valence-electron chi connectivity index (χ1n) is 17.3. The van der Waals surface area contributed by atoms with Gasteiger partial charge >= 0.3 is 0 Å². The molecule has 4 aromatic rings. The molecular weight excluding hydrogens is 543 g/mol. The molecule has 0 bridgehead atoms. The van der Waals surface area contributed by atoms with Crippen molar-refractivity contribution in [2.24, 2.45) is 0 Å². The Balaban J connectivity index is 1.49. The van der Waals surface area contributed by atoms with Crippen molar-refractivity contribution in [1.82, 2.24) is 0 Å². The average Bonchev–Trinajstić information content (AvgIpc) is 3.17. The monoisotopic (exact) mass is 592 g/mol. The third kappa shape index (κ3) is 3.82. The van der Waals surface area contributed by atoms with Crippen LogP contribution in [-0.2, 0) is 16.2 Å². The third-order valence-corrected chi connectivity index (χ3v) is 12.2. The molecule has 2 atom stereocenters. The van der Waals surface area contributed by atoms with E-state index >= 15 is 0 Å². The maximum atomic E-state index is 2.84. The van der Waals surface area contributed by atoms with Crippen LogP contribution in [0.25, 0.3) is 0 Å². The summed E-state index contributed by atoms with van der Waals surface area (Å²) in [5.74, 6) is 0. The Morgan fingerprint density at radius 2 is 1.33 bits per heavy atom. The van der Waals surface area contributed by atoms with Crippen LogP contribution in [-0.4, -0.2) is 12.3 Å². The highest BCUT2D eigenvalue weighted by Crippen LogP contribution is 2.62. The smallest absolute Gasteiger partial charge is 0.252 e. The fourth-order valence-electron chi connectivity index (χ4n) is 9.48. The molecular formula is C42H49BN2. The molecule has 0 spiro atoms. The normalized spacial score (nSPS) is 23.0. The predicted octanol–water partition coefficient (Wildman–Crippen LogP) is 9.25. The van der Waals surface area contributed by atoms with Gasteiger partial charge in [0.15, 0.2) is 0 Å². The highest BCUT2D eigenvalue weighted by atomic mass is 15.3. The molecule has 2 nitrogen and oxygen atoms in total. The van der Waals surface area contributed by atoms with Crippen molar-refractivity contribution in [3.8, 4) is 0 Å². The molecule has 0 radical (unpaired) electrons. The second-order valence-corrected chi connectivity index (χ2v) is 17.2. The van der Waals surface area contributed by atoms with Gasteiger partial charge < -0.3 is 9.80 Å². The van der Waals surface area contributed by atoms with Crippen LogP contribution in [0.2, 0.25) is 0 Å². The van der Waals surface area contributed by atoms with Crippen LogP contribution in [0.1, 0.15) is 109 Å². The van der Waals surface area contributed by atoms with Gasteiger partial charge in [-0.2, -0.15) is 0 Å². The van der Waals surface area contributed by atoms with E-state index < -0.39 is 0 Å². The number of benzene rings is 4. The molecule has 0 N–H and O–H groups in total. The van der Waals surface area contributed by atoms with Crippen LogP contribution in [0.4, 0.5) is 28.4 Å². The fourth-order valence-corrected chi connectivity index (χ4v) is 9.48. The van der Waals surface area contributed by atoms with E-state index in [4.69, 9.17) is 0 Å². The number of fused-ring (bicyclic) bond motifs is 7. The van der Waals surface area contributed by atoms with Crippen molar-refractivity contribution < 1.29 is 0 Å². The number of nitrogens with zero attached hydrogens (tertiary/aromatic N) is 2. The van der Waals surface area contributed by atoms with E-state index in [1.54, 1.807) is 5.56 Å². The lowest BCUT2D eigenvalue weighted by molar-refractivity contribution is 0.195. The van der Waals surface area contributed by atoms with E-state index in [0.29, 0.717) is 0 Å². The topological polar surface area (TPSA) is 6.48 Å². The number of aryl methyl sites for hydroxylation is 2. The van der Waals surface area contributed by atoms with Crippen molar-refractivity contribution in [3.05, 3.63) is 94.5 Å². The molecule has 0 aromatic heterocycles. The van der Waals surface area contributed by atoms with Crippen LogP contribution in [0.5, 0.6) is 0 Å². The lowest BCUT2D eigenvalue weighted by atomic mass is 9.33. The molecule has 3 heterocycles. The van der Waals surface area contributed by atoms with E-state index in [1.165, 1.54) is 92.8 Å². The van der Waals surface area contributed by atoms with Crippen LogP contribution >= 0.6 is 0 Å². The minimum absolute atomic E-state index is 0.0516. The summed E-state index contributed by atoms with van der Waals surface area (Å²) in [7, 11) is 0. The fraction of sp³-hybridized carbons (Fsp3) is 0.429. The van der Waals surface area contributed by atoms with Crippen molar-refractivity contribution >= 4 is 51.5 Å². The van der Waals surface area contributed by atoms with Gasteiger partial charge in [-0.1, -0.05) is 103 Å². The Morgan fingerprint density at radius 1 is 0.667 bits per heavy atom. The highest BCUT2D eigenvalue weighted by molar-refractivity contribution is 7.00. The largest absolute Gasteiger partial charge is 0.335 e. The van der Waals surface area contributed by atoms with Crippen molar-refractivity contribution in [3.63, 3.8) is 0 Å². The summed E-state index contributed by atoms with van der Waals surface area (Å²) in [5.41, 5.74) is 18.7. The summed E-state index contributed by atoms with van der Waals surface area (Å²) in [6, 6.07) is 26.8. The first-order valence-corrected chi connectivity index (χ1v) is 17.3. The molecule has 8 rings (SSSR count). The van der Waals surface area contributed by atoms with Gasteiger partial charge in [-0.15, -0.1) is 0 Å². The molecule has 0 amide bonds. The van der Waals surface area contributed by atoms with Gasteiger partial charge in [0.1, 0.15) is 0 Å². The minimum atomic E-state index is 0.0516. The molecule has 45 heavy (non-hydrogen) atoms. The van der Waals surface area contributed by atoms with Gasteiger partial charge in [0, 0.05) is 33.9 Å². The predicted molar refractivity (Wildman–Crippen MR) is 195 cm³/mol. The van der Waals surface area contributed by atoms with E-state index in [2.05, 4.69) is 146 Å². The van der Waals surface area contributed by atoms with E-state index in [9.17, 15) is 0 Å². The first kappa shape index (κ1) is 29.0. The Bertz CT molecular complexity index is 1910. The molecule has 3 aliphatic heterocycles. The van der Waals surface area contributed by atoms with Crippen LogP contribution < -0.4 is 26.2 Å². The van der Waals surface area contributed by atoms with Crippen molar-refractivity contribution in [2.75, 3.05) is 9.80 Å².